The highest BCUT2D eigenvalue weighted by Gasteiger charge is 2.12. The van der Waals surface area contributed by atoms with Crippen molar-refractivity contribution in [2.24, 2.45) is 0 Å². The third-order valence-electron chi connectivity index (χ3n) is 2.15. The molecule has 0 aliphatic rings. The third kappa shape index (κ3) is 3.13. The van der Waals surface area contributed by atoms with Crippen LogP contribution in [-0.2, 0) is 0 Å². The first-order chi connectivity index (χ1) is 8.09. The standard InChI is InChI=1S/C12H7Br4N/c13-8-6-9(14)11(16)12(10(8)15)17-7-4-2-1-3-5-7/h1-6,17H. The second kappa shape index (κ2) is 5.87. The van der Waals surface area contributed by atoms with E-state index in [1.54, 1.807) is 0 Å². The number of nitrogens with one attached hydrogen (secondary N) is 1. The van der Waals surface area contributed by atoms with Crippen molar-refractivity contribution in [3.63, 3.8) is 0 Å². The number of hydrogen-bond acceptors (Lipinski definition) is 1. The van der Waals surface area contributed by atoms with Crippen molar-refractivity contribution in [2.75, 3.05) is 5.32 Å². The van der Waals surface area contributed by atoms with Crippen LogP contribution in [0.5, 0.6) is 0 Å². The van der Waals surface area contributed by atoms with E-state index in [1.807, 2.05) is 36.4 Å². The van der Waals surface area contributed by atoms with Gasteiger partial charge in [-0.05, 0) is 81.9 Å². The van der Waals surface area contributed by atoms with Gasteiger partial charge in [0.25, 0.3) is 0 Å². The molecule has 2 rings (SSSR count). The molecule has 88 valence electrons. The number of benzene rings is 2. The molecular weight excluding hydrogens is 478 g/mol. The fourth-order valence-corrected chi connectivity index (χ4v) is 3.60. The van der Waals surface area contributed by atoms with E-state index >= 15 is 0 Å². The van der Waals surface area contributed by atoms with Gasteiger partial charge in [-0.25, -0.2) is 0 Å². The first-order valence-corrected chi connectivity index (χ1v) is 7.92. The molecule has 2 aromatic rings. The van der Waals surface area contributed by atoms with Crippen LogP contribution in [0.3, 0.4) is 0 Å². The van der Waals surface area contributed by atoms with Gasteiger partial charge in [0.1, 0.15) is 0 Å². The smallest absolute Gasteiger partial charge is 0.0696 e. The largest absolute Gasteiger partial charge is 0.354 e. The lowest BCUT2D eigenvalue weighted by Crippen LogP contribution is -1.93. The molecule has 0 unspecified atom stereocenters. The first-order valence-electron chi connectivity index (χ1n) is 4.74. The van der Waals surface area contributed by atoms with E-state index in [9.17, 15) is 0 Å². The highest BCUT2D eigenvalue weighted by Crippen LogP contribution is 2.42. The zero-order valence-corrected chi connectivity index (χ0v) is 14.8. The summed E-state index contributed by atoms with van der Waals surface area (Å²) in [6, 6.07) is 12.0. The van der Waals surface area contributed by atoms with Crippen LogP contribution < -0.4 is 5.32 Å². The summed E-state index contributed by atoms with van der Waals surface area (Å²) in [5.41, 5.74) is 2.02. The highest BCUT2D eigenvalue weighted by atomic mass is 79.9. The van der Waals surface area contributed by atoms with Crippen LogP contribution in [0.4, 0.5) is 11.4 Å². The molecule has 2 aromatic carbocycles. The Morgan fingerprint density at radius 2 is 1.29 bits per heavy atom. The molecular formula is C12H7Br4N. The van der Waals surface area contributed by atoms with Gasteiger partial charge in [-0.3, -0.25) is 0 Å². The van der Waals surface area contributed by atoms with Crippen molar-refractivity contribution in [2.45, 2.75) is 0 Å². The molecule has 0 amide bonds. The van der Waals surface area contributed by atoms with E-state index < -0.39 is 0 Å². The van der Waals surface area contributed by atoms with Gasteiger partial charge in [-0.2, -0.15) is 0 Å². The van der Waals surface area contributed by atoms with E-state index in [0.717, 1.165) is 29.3 Å². The fraction of sp³-hybridized carbons (Fsp3) is 0. The SMILES string of the molecule is Brc1cc(Br)c(Br)c(Nc2ccccc2)c1Br. The quantitative estimate of drug-likeness (QED) is 0.481. The van der Waals surface area contributed by atoms with Crippen LogP contribution in [0.1, 0.15) is 0 Å². The Kier molecular flexibility index (Phi) is 4.69. The van der Waals surface area contributed by atoms with Gasteiger partial charge < -0.3 is 5.32 Å². The minimum atomic E-state index is 0.983. The maximum atomic E-state index is 3.56. The highest BCUT2D eigenvalue weighted by molar-refractivity contribution is 9.14. The predicted octanol–water partition coefficient (Wildman–Crippen LogP) is 6.48. The van der Waals surface area contributed by atoms with Gasteiger partial charge in [0, 0.05) is 14.6 Å². The maximum Gasteiger partial charge on any atom is 0.0696 e. The Bertz CT molecular complexity index is 514. The van der Waals surface area contributed by atoms with Crippen LogP contribution in [0, 0.1) is 0 Å². The molecule has 5 heteroatoms. The second-order valence-electron chi connectivity index (χ2n) is 3.33. The summed E-state index contributed by atoms with van der Waals surface area (Å²) in [6.45, 7) is 0. The Morgan fingerprint density at radius 1 is 0.765 bits per heavy atom. The van der Waals surface area contributed by atoms with Gasteiger partial charge in [0.15, 0.2) is 0 Å². The van der Waals surface area contributed by atoms with Gasteiger partial charge in [0.2, 0.25) is 0 Å². The molecule has 1 nitrogen and oxygen atoms in total. The van der Waals surface area contributed by atoms with Crippen molar-refractivity contribution < 1.29 is 0 Å². The lowest BCUT2D eigenvalue weighted by molar-refractivity contribution is 1.45. The van der Waals surface area contributed by atoms with Crippen LogP contribution in [0.2, 0.25) is 0 Å². The van der Waals surface area contributed by atoms with E-state index in [2.05, 4.69) is 69.0 Å². The number of anilines is 2. The Morgan fingerprint density at radius 3 is 1.82 bits per heavy atom. The molecule has 0 heterocycles. The molecule has 0 aliphatic carbocycles. The van der Waals surface area contributed by atoms with Crippen molar-refractivity contribution in [3.8, 4) is 0 Å². The Labute approximate surface area is 134 Å². The minimum Gasteiger partial charge on any atom is -0.354 e. The predicted molar refractivity (Wildman–Crippen MR) is 87.0 cm³/mol. The number of rotatable bonds is 2. The fourth-order valence-electron chi connectivity index (χ4n) is 1.35. The van der Waals surface area contributed by atoms with Crippen LogP contribution in [0.15, 0.2) is 54.3 Å². The molecule has 1 N–H and O–H groups in total. The van der Waals surface area contributed by atoms with Gasteiger partial charge in [-0.1, -0.05) is 18.2 Å². The average molecular weight is 485 g/mol. The number of para-hydroxylation sites is 1. The molecule has 0 aliphatic heterocycles. The Hall–Kier alpha value is 0.160. The van der Waals surface area contributed by atoms with Crippen molar-refractivity contribution in [3.05, 3.63) is 54.3 Å². The zero-order chi connectivity index (χ0) is 12.4. The molecule has 0 aromatic heterocycles. The lowest BCUT2D eigenvalue weighted by Gasteiger charge is -2.13. The summed E-state index contributed by atoms with van der Waals surface area (Å²) >= 11 is 14.1. The summed E-state index contributed by atoms with van der Waals surface area (Å²) in [4.78, 5) is 0. The first kappa shape index (κ1) is 13.6. The molecule has 0 spiro atoms. The van der Waals surface area contributed by atoms with E-state index in [1.165, 1.54) is 0 Å². The molecule has 0 fully saturated rings. The zero-order valence-electron chi connectivity index (χ0n) is 8.48. The number of halogens is 4. The van der Waals surface area contributed by atoms with Crippen LogP contribution in [-0.4, -0.2) is 0 Å². The molecule has 0 radical (unpaired) electrons. The van der Waals surface area contributed by atoms with Crippen molar-refractivity contribution >= 4 is 75.1 Å². The summed E-state index contributed by atoms with van der Waals surface area (Å²) in [6.07, 6.45) is 0. The molecule has 0 bridgehead atoms. The summed E-state index contributed by atoms with van der Waals surface area (Å²) < 4.78 is 3.95. The van der Waals surface area contributed by atoms with Gasteiger partial charge in [0.05, 0.1) is 14.6 Å². The van der Waals surface area contributed by atoms with Crippen molar-refractivity contribution in [1.29, 1.82) is 0 Å². The van der Waals surface area contributed by atoms with Crippen molar-refractivity contribution in [1.82, 2.24) is 0 Å². The van der Waals surface area contributed by atoms with Gasteiger partial charge in [-0.15, -0.1) is 0 Å². The second-order valence-corrected chi connectivity index (χ2v) is 6.63. The normalized spacial score (nSPS) is 10.4. The number of hydrogen-bond donors (Lipinski definition) is 1. The summed E-state index contributed by atoms with van der Waals surface area (Å²) in [7, 11) is 0. The maximum absolute atomic E-state index is 3.56. The van der Waals surface area contributed by atoms with Gasteiger partial charge >= 0.3 is 0 Å². The van der Waals surface area contributed by atoms with Crippen LogP contribution >= 0.6 is 63.7 Å². The summed E-state index contributed by atoms with van der Waals surface area (Å²) in [5, 5.41) is 3.37. The Balaban J connectivity index is 2.46. The topological polar surface area (TPSA) is 12.0 Å². The third-order valence-corrected chi connectivity index (χ3v) is 6.12. The van der Waals surface area contributed by atoms with E-state index in [0.29, 0.717) is 0 Å². The average Bonchev–Trinajstić information content (AvgIpc) is 2.33. The van der Waals surface area contributed by atoms with E-state index in [-0.39, 0.29) is 0 Å². The van der Waals surface area contributed by atoms with E-state index in [4.69, 9.17) is 0 Å². The lowest BCUT2D eigenvalue weighted by atomic mass is 10.3. The van der Waals surface area contributed by atoms with Crippen LogP contribution in [0.25, 0.3) is 0 Å². The molecule has 0 saturated carbocycles. The minimum absolute atomic E-state index is 0.983. The molecule has 17 heavy (non-hydrogen) atoms. The summed E-state index contributed by atoms with van der Waals surface area (Å²) in [5.74, 6) is 0. The molecule has 0 atom stereocenters. The monoisotopic (exact) mass is 481 g/mol. The molecule has 0 saturated heterocycles.